The van der Waals surface area contributed by atoms with E-state index in [4.69, 9.17) is 0 Å². The van der Waals surface area contributed by atoms with Gasteiger partial charge < -0.3 is 8.80 Å². The maximum Gasteiger partial charge on any atom is 0.137 e. The molecule has 0 atom stereocenters. The molecule has 0 aliphatic carbocycles. The van der Waals surface area contributed by atoms with Gasteiger partial charge in [0.2, 0.25) is 0 Å². The molecular weight excluding hydrogens is 683 g/mol. The summed E-state index contributed by atoms with van der Waals surface area (Å²) in [6.07, 6.45) is 12.2. The van der Waals surface area contributed by atoms with E-state index >= 15 is 0 Å². The SMILES string of the molecule is Cc1ccc2cc(C)nn2c1.Cc1ccc2cc(C)nn2c1.Cc1ccc2nc(C)cn2c1.Cc1ccc2nn(C)nc2c1.Cc1ccn2cc(C)nc2c1. The van der Waals surface area contributed by atoms with Gasteiger partial charge in [-0.3, -0.25) is 0 Å². The molecule has 0 saturated carbocycles. The Balaban J connectivity index is 0.000000117. The smallest absolute Gasteiger partial charge is 0.137 e. The lowest BCUT2D eigenvalue weighted by Crippen LogP contribution is -1.90. The molecule has 0 bridgehead atoms. The Morgan fingerprint density at radius 3 is 1.53 bits per heavy atom. The number of aromatic nitrogens is 11. The molecule has 0 aliphatic heterocycles. The molecular formula is C44H49N11. The van der Waals surface area contributed by atoms with Crippen molar-refractivity contribution in [3.8, 4) is 0 Å². The van der Waals surface area contributed by atoms with E-state index in [0.717, 1.165) is 56.1 Å². The van der Waals surface area contributed by atoms with Crippen LogP contribution in [0.25, 0.3) is 33.4 Å². The van der Waals surface area contributed by atoms with Crippen molar-refractivity contribution in [1.29, 1.82) is 0 Å². The molecule has 0 N–H and O–H groups in total. The fraction of sp³-hybridized carbons (Fsp3) is 0.227. The van der Waals surface area contributed by atoms with Crippen molar-refractivity contribution in [2.45, 2.75) is 62.3 Å². The first-order valence-electron chi connectivity index (χ1n) is 18.2. The van der Waals surface area contributed by atoms with Crippen LogP contribution in [0.1, 0.15) is 50.6 Å². The first-order chi connectivity index (χ1) is 26.3. The third-order valence-electron chi connectivity index (χ3n) is 8.55. The van der Waals surface area contributed by atoms with E-state index in [9.17, 15) is 0 Å². The Bertz CT molecular complexity index is 2390. The third-order valence-corrected chi connectivity index (χ3v) is 8.55. The molecule has 0 spiro atoms. The number of rotatable bonds is 0. The fourth-order valence-corrected chi connectivity index (χ4v) is 6.01. The molecule has 10 rings (SSSR count). The van der Waals surface area contributed by atoms with Gasteiger partial charge in [-0.2, -0.15) is 25.2 Å². The van der Waals surface area contributed by atoms with Gasteiger partial charge in [0, 0.05) is 44.2 Å². The molecule has 280 valence electrons. The number of benzene rings is 1. The summed E-state index contributed by atoms with van der Waals surface area (Å²) in [6, 6.07) is 26.8. The average molecular weight is 732 g/mol. The summed E-state index contributed by atoms with van der Waals surface area (Å²) in [6.45, 7) is 18.3. The van der Waals surface area contributed by atoms with Gasteiger partial charge in [-0.05, 0) is 145 Å². The number of fused-ring (bicyclic) bond motifs is 5. The van der Waals surface area contributed by atoms with E-state index in [1.165, 1.54) is 27.8 Å². The molecule has 0 aliphatic rings. The zero-order valence-corrected chi connectivity index (χ0v) is 33.4. The van der Waals surface area contributed by atoms with Crippen molar-refractivity contribution in [3.05, 3.63) is 167 Å². The average Bonchev–Trinajstić information content (AvgIpc) is 3.94. The second-order valence-corrected chi connectivity index (χ2v) is 14.1. The van der Waals surface area contributed by atoms with Gasteiger partial charge in [-0.25, -0.2) is 19.0 Å². The molecule has 1 aromatic carbocycles. The van der Waals surface area contributed by atoms with E-state index in [-0.39, 0.29) is 0 Å². The number of imidazole rings is 2. The molecule has 0 fully saturated rings. The maximum atomic E-state index is 4.34. The molecule has 11 heteroatoms. The summed E-state index contributed by atoms with van der Waals surface area (Å²) < 4.78 is 7.89. The number of pyridine rings is 4. The summed E-state index contributed by atoms with van der Waals surface area (Å²) in [5.41, 5.74) is 16.8. The Labute approximate surface area is 321 Å². The minimum atomic E-state index is 0.957. The van der Waals surface area contributed by atoms with Crippen molar-refractivity contribution in [2.24, 2.45) is 7.05 Å². The van der Waals surface area contributed by atoms with Crippen LogP contribution in [0.2, 0.25) is 0 Å². The Kier molecular flexibility index (Phi) is 11.5. The van der Waals surface area contributed by atoms with Crippen LogP contribution in [-0.2, 0) is 7.05 Å². The second-order valence-electron chi connectivity index (χ2n) is 14.1. The lowest BCUT2D eigenvalue weighted by atomic mass is 10.2. The zero-order chi connectivity index (χ0) is 39.2. The number of aryl methyl sites for hydroxylation is 10. The van der Waals surface area contributed by atoms with Crippen LogP contribution in [0.15, 0.2) is 116 Å². The first kappa shape index (κ1) is 38.1. The molecule has 55 heavy (non-hydrogen) atoms. The predicted molar refractivity (Wildman–Crippen MR) is 222 cm³/mol. The van der Waals surface area contributed by atoms with Gasteiger partial charge in [-0.15, -0.1) is 0 Å². The summed E-state index contributed by atoms with van der Waals surface area (Å²) in [5.74, 6) is 0. The fourth-order valence-electron chi connectivity index (χ4n) is 6.01. The Morgan fingerprint density at radius 1 is 0.382 bits per heavy atom. The number of nitrogens with zero attached hydrogens (tertiary/aromatic N) is 11. The quantitative estimate of drug-likeness (QED) is 0.154. The second kappa shape index (κ2) is 16.6. The number of hydrogen-bond donors (Lipinski definition) is 0. The van der Waals surface area contributed by atoms with Gasteiger partial charge in [-0.1, -0.05) is 24.3 Å². The molecule has 9 heterocycles. The van der Waals surface area contributed by atoms with Crippen LogP contribution >= 0.6 is 0 Å². The van der Waals surface area contributed by atoms with Crippen molar-refractivity contribution >= 4 is 33.4 Å². The van der Waals surface area contributed by atoms with Crippen molar-refractivity contribution in [2.75, 3.05) is 0 Å². The maximum absolute atomic E-state index is 4.34. The standard InChI is InChI=1S/4C9H10N2.C8H9N3/c2*1-7-3-4-9-5-8(2)10-11(9)6-7;1-7-3-4-11-6-8(2)10-9(11)5-7;1-7-3-4-9-10-8(2)6-11(9)5-7;1-6-3-4-7-8(5-6)10-11(2)9-7/h4*3-6H,1-2H3;3-5H,1-2H3. The molecule has 0 radical (unpaired) electrons. The highest BCUT2D eigenvalue weighted by molar-refractivity contribution is 5.74. The van der Waals surface area contributed by atoms with Crippen LogP contribution in [0, 0.1) is 62.3 Å². The summed E-state index contributed by atoms with van der Waals surface area (Å²) >= 11 is 0. The number of hydrogen-bond acceptors (Lipinski definition) is 6. The normalized spacial score (nSPS) is 10.7. The Hall–Kier alpha value is -6.62. The molecule has 0 amide bonds. The predicted octanol–water partition coefficient (Wildman–Crippen LogP) is 9.08. The minimum absolute atomic E-state index is 0.957. The zero-order valence-electron chi connectivity index (χ0n) is 33.4. The van der Waals surface area contributed by atoms with Gasteiger partial charge in [0.05, 0.1) is 33.8 Å². The van der Waals surface area contributed by atoms with E-state index in [1.807, 2.05) is 115 Å². The van der Waals surface area contributed by atoms with Crippen LogP contribution in [-0.4, -0.2) is 53.0 Å². The van der Waals surface area contributed by atoms with Crippen molar-refractivity contribution < 1.29 is 0 Å². The Morgan fingerprint density at radius 2 is 0.891 bits per heavy atom. The van der Waals surface area contributed by atoms with Crippen molar-refractivity contribution in [3.63, 3.8) is 0 Å². The van der Waals surface area contributed by atoms with Gasteiger partial charge >= 0.3 is 0 Å². The van der Waals surface area contributed by atoms with Crippen molar-refractivity contribution in [1.82, 2.24) is 53.0 Å². The molecule has 10 aromatic rings. The summed E-state index contributed by atoms with van der Waals surface area (Å²) in [4.78, 5) is 10.2. The molecule has 0 saturated heterocycles. The van der Waals surface area contributed by atoms with E-state index < -0.39 is 0 Å². The molecule has 9 aromatic heterocycles. The van der Waals surface area contributed by atoms with Crippen LogP contribution < -0.4 is 0 Å². The highest BCUT2D eigenvalue weighted by atomic mass is 15.4. The third kappa shape index (κ3) is 10.1. The van der Waals surface area contributed by atoms with Crippen LogP contribution in [0.3, 0.4) is 0 Å². The van der Waals surface area contributed by atoms with E-state index in [1.54, 1.807) is 4.80 Å². The van der Waals surface area contributed by atoms with Gasteiger partial charge in [0.1, 0.15) is 22.3 Å². The largest absolute Gasteiger partial charge is 0.307 e. The van der Waals surface area contributed by atoms with E-state index in [0.29, 0.717) is 0 Å². The lowest BCUT2D eigenvalue weighted by molar-refractivity contribution is 0.665. The van der Waals surface area contributed by atoms with Gasteiger partial charge in [0.15, 0.2) is 0 Å². The summed E-state index contributed by atoms with van der Waals surface area (Å²) in [5, 5.41) is 16.9. The monoisotopic (exact) mass is 731 g/mol. The van der Waals surface area contributed by atoms with Gasteiger partial charge in [0.25, 0.3) is 0 Å². The van der Waals surface area contributed by atoms with Crippen LogP contribution in [0.5, 0.6) is 0 Å². The molecule has 11 nitrogen and oxygen atoms in total. The highest BCUT2D eigenvalue weighted by Crippen LogP contribution is 2.11. The van der Waals surface area contributed by atoms with E-state index in [2.05, 4.69) is 119 Å². The minimum Gasteiger partial charge on any atom is -0.307 e. The highest BCUT2D eigenvalue weighted by Gasteiger charge is 1.99. The lowest BCUT2D eigenvalue weighted by Gasteiger charge is -1.92. The topological polar surface area (TPSA) is 99.9 Å². The summed E-state index contributed by atoms with van der Waals surface area (Å²) in [7, 11) is 1.83. The molecule has 0 unspecified atom stereocenters. The van der Waals surface area contributed by atoms with Crippen LogP contribution in [0.4, 0.5) is 0 Å². The first-order valence-corrected chi connectivity index (χ1v) is 18.2.